The fourth-order valence-corrected chi connectivity index (χ4v) is 4.03. The molecule has 150 valence electrons. The quantitative estimate of drug-likeness (QED) is 0.451. The number of nitrogen functional groups attached to an aromatic ring is 1. The number of para-hydroxylation sites is 1. The fourth-order valence-electron chi connectivity index (χ4n) is 3.28. The number of tetrazole rings is 1. The van der Waals surface area contributed by atoms with Crippen molar-refractivity contribution in [1.82, 2.24) is 29.8 Å². The van der Waals surface area contributed by atoms with Crippen LogP contribution in [0.2, 0.25) is 0 Å². The van der Waals surface area contributed by atoms with Gasteiger partial charge in [-0.2, -0.15) is 4.68 Å². The van der Waals surface area contributed by atoms with E-state index in [0.717, 1.165) is 41.4 Å². The Hall–Kier alpha value is -3.21. The van der Waals surface area contributed by atoms with Gasteiger partial charge >= 0.3 is 5.69 Å². The second-order valence-electron chi connectivity index (χ2n) is 6.95. The van der Waals surface area contributed by atoms with Crippen LogP contribution in [0.15, 0.2) is 32.9 Å². The number of carbonyl (C=O) groups is 1. The lowest BCUT2D eigenvalue weighted by Crippen LogP contribution is -2.36. The van der Waals surface area contributed by atoms with Gasteiger partial charge in [0, 0.05) is 6.04 Å². The number of anilines is 1. The summed E-state index contributed by atoms with van der Waals surface area (Å²) < 4.78 is 2.86. The van der Waals surface area contributed by atoms with Gasteiger partial charge in [0.25, 0.3) is 5.56 Å². The van der Waals surface area contributed by atoms with Crippen molar-refractivity contribution in [1.29, 1.82) is 0 Å². The van der Waals surface area contributed by atoms with E-state index in [0.29, 0.717) is 5.16 Å². The van der Waals surface area contributed by atoms with E-state index in [1.54, 1.807) is 4.68 Å². The van der Waals surface area contributed by atoms with Gasteiger partial charge in [0.15, 0.2) is 5.78 Å². The second-order valence-corrected chi connectivity index (χ2v) is 7.89. The number of aromatic nitrogens is 6. The van der Waals surface area contributed by atoms with Gasteiger partial charge in [0.2, 0.25) is 5.16 Å². The van der Waals surface area contributed by atoms with Crippen molar-refractivity contribution in [3.63, 3.8) is 0 Å². The normalized spacial score (nSPS) is 13.6. The molecule has 10 nitrogen and oxygen atoms in total. The second kappa shape index (κ2) is 7.32. The van der Waals surface area contributed by atoms with E-state index in [-0.39, 0.29) is 23.2 Å². The van der Waals surface area contributed by atoms with Gasteiger partial charge in [-0.25, -0.2) is 4.79 Å². The maximum Gasteiger partial charge on any atom is 0.330 e. The summed E-state index contributed by atoms with van der Waals surface area (Å²) in [5.74, 6) is -0.665. The van der Waals surface area contributed by atoms with E-state index in [4.69, 9.17) is 5.73 Å². The number of carbonyl (C=O) groups excluding carboxylic acids is 1. The first-order valence-corrected chi connectivity index (χ1v) is 10.0. The van der Waals surface area contributed by atoms with Crippen molar-refractivity contribution in [2.24, 2.45) is 0 Å². The van der Waals surface area contributed by atoms with Crippen molar-refractivity contribution in [2.75, 3.05) is 11.5 Å². The Balaban J connectivity index is 1.61. The highest BCUT2D eigenvalue weighted by Crippen LogP contribution is 2.35. The Kier molecular flexibility index (Phi) is 4.82. The number of benzene rings is 1. The molecule has 3 N–H and O–H groups in total. The van der Waals surface area contributed by atoms with Crippen LogP contribution in [0.25, 0.3) is 5.69 Å². The minimum absolute atomic E-state index is 0.0603. The van der Waals surface area contributed by atoms with Crippen LogP contribution >= 0.6 is 11.8 Å². The fraction of sp³-hybridized carbons (Fsp3) is 0.333. The van der Waals surface area contributed by atoms with Gasteiger partial charge < -0.3 is 5.73 Å². The summed E-state index contributed by atoms with van der Waals surface area (Å²) in [6.07, 6.45) is 1.59. The van der Waals surface area contributed by atoms with Gasteiger partial charge in [-0.15, -0.1) is 5.10 Å². The monoisotopic (exact) mass is 413 g/mol. The number of thioether (sulfide) groups is 1. The standard InChI is InChI=1S/C18H19N7O3S/c1-9-4-3-5-10(2)14(9)25-18(21-22-23-25)29-8-12(26)13-15(19)24(11-6-7-11)17(28)20-16(13)27/h3-5,11H,6-8,19H2,1-2H3,(H,20,27,28). The molecule has 11 heteroatoms. The number of nitrogens with zero attached hydrogens (tertiary/aromatic N) is 5. The molecule has 0 spiro atoms. The van der Waals surface area contributed by atoms with Gasteiger partial charge in [-0.1, -0.05) is 30.0 Å². The molecule has 0 radical (unpaired) electrons. The number of ketones is 1. The molecule has 1 saturated carbocycles. The van der Waals surface area contributed by atoms with Crippen LogP contribution in [0, 0.1) is 13.8 Å². The summed E-state index contributed by atoms with van der Waals surface area (Å²) in [6, 6.07) is 5.78. The zero-order chi connectivity index (χ0) is 20.7. The molecular weight excluding hydrogens is 394 g/mol. The molecule has 0 unspecified atom stereocenters. The van der Waals surface area contributed by atoms with E-state index < -0.39 is 17.0 Å². The Morgan fingerprint density at radius 3 is 2.62 bits per heavy atom. The Labute approximate surface area is 169 Å². The Morgan fingerprint density at radius 2 is 1.97 bits per heavy atom. The lowest BCUT2D eigenvalue weighted by Gasteiger charge is -2.12. The van der Waals surface area contributed by atoms with Crippen LogP contribution < -0.4 is 17.0 Å². The molecule has 29 heavy (non-hydrogen) atoms. The number of nitrogens with one attached hydrogen (secondary N) is 1. The summed E-state index contributed by atoms with van der Waals surface area (Å²) >= 11 is 1.10. The largest absolute Gasteiger partial charge is 0.384 e. The maximum atomic E-state index is 12.8. The molecule has 1 aliphatic carbocycles. The van der Waals surface area contributed by atoms with Crippen LogP contribution in [-0.4, -0.2) is 41.3 Å². The SMILES string of the molecule is Cc1cccc(C)c1-n1nnnc1SCC(=O)c1c(N)n(C2CC2)c(=O)[nH]c1=O. The maximum absolute atomic E-state index is 12.8. The summed E-state index contributed by atoms with van der Waals surface area (Å²) in [4.78, 5) is 39.2. The molecule has 2 heterocycles. The minimum atomic E-state index is -0.774. The van der Waals surface area contributed by atoms with Crippen molar-refractivity contribution in [3.8, 4) is 5.69 Å². The highest BCUT2D eigenvalue weighted by atomic mass is 32.2. The first-order chi connectivity index (χ1) is 13.9. The molecule has 1 aromatic carbocycles. The van der Waals surface area contributed by atoms with Crippen LogP contribution in [0.4, 0.5) is 5.82 Å². The zero-order valence-electron chi connectivity index (χ0n) is 15.9. The zero-order valence-corrected chi connectivity index (χ0v) is 16.7. The van der Waals surface area contributed by atoms with E-state index in [1.807, 2.05) is 32.0 Å². The van der Waals surface area contributed by atoms with Crippen molar-refractivity contribution < 1.29 is 4.79 Å². The summed E-state index contributed by atoms with van der Waals surface area (Å²) in [5, 5.41) is 12.2. The Morgan fingerprint density at radius 1 is 1.28 bits per heavy atom. The Bertz CT molecular complexity index is 1200. The number of aromatic amines is 1. The lowest BCUT2D eigenvalue weighted by atomic mass is 10.1. The van der Waals surface area contributed by atoms with Crippen LogP contribution in [0.1, 0.15) is 40.4 Å². The molecule has 0 aliphatic heterocycles. The third-order valence-corrected chi connectivity index (χ3v) is 5.72. The van der Waals surface area contributed by atoms with E-state index in [1.165, 1.54) is 4.57 Å². The molecule has 0 atom stereocenters. The predicted molar refractivity (Wildman–Crippen MR) is 108 cm³/mol. The average molecular weight is 413 g/mol. The van der Waals surface area contributed by atoms with E-state index >= 15 is 0 Å². The number of hydrogen-bond acceptors (Lipinski definition) is 8. The third kappa shape index (κ3) is 3.48. The summed E-state index contributed by atoms with van der Waals surface area (Å²) in [5.41, 5.74) is 7.26. The van der Waals surface area contributed by atoms with Crippen LogP contribution in [0.5, 0.6) is 0 Å². The molecule has 2 aromatic heterocycles. The minimum Gasteiger partial charge on any atom is -0.384 e. The molecule has 0 amide bonds. The van der Waals surface area contributed by atoms with Crippen LogP contribution in [0.3, 0.4) is 0 Å². The number of aryl methyl sites for hydroxylation is 2. The summed E-state index contributed by atoms with van der Waals surface area (Å²) in [6.45, 7) is 3.90. The van der Waals surface area contributed by atoms with Crippen molar-refractivity contribution in [3.05, 3.63) is 55.7 Å². The van der Waals surface area contributed by atoms with E-state index in [9.17, 15) is 14.4 Å². The third-order valence-electron chi connectivity index (χ3n) is 4.80. The highest BCUT2D eigenvalue weighted by Gasteiger charge is 2.30. The molecular formula is C18H19N7O3S. The average Bonchev–Trinajstić information content (AvgIpc) is 3.37. The lowest BCUT2D eigenvalue weighted by molar-refractivity contribution is 0.102. The first-order valence-electron chi connectivity index (χ1n) is 9.03. The smallest absolute Gasteiger partial charge is 0.330 e. The number of H-pyrrole nitrogens is 1. The van der Waals surface area contributed by atoms with Crippen LogP contribution in [-0.2, 0) is 0 Å². The number of hydrogen-bond donors (Lipinski definition) is 2. The number of rotatable bonds is 6. The van der Waals surface area contributed by atoms with Gasteiger partial charge in [0.1, 0.15) is 11.4 Å². The van der Waals surface area contributed by atoms with E-state index in [2.05, 4.69) is 20.5 Å². The molecule has 1 aliphatic rings. The first kappa shape index (κ1) is 19.1. The predicted octanol–water partition coefficient (Wildman–Crippen LogP) is 1.02. The number of Topliss-reactive ketones (excluding diaryl/α,β-unsaturated/α-hetero) is 1. The molecule has 0 saturated heterocycles. The molecule has 1 fully saturated rings. The molecule has 4 rings (SSSR count). The van der Waals surface area contributed by atoms with Gasteiger partial charge in [-0.3, -0.25) is 19.1 Å². The van der Waals surface area contributed by atoms with Crippen molar-refractivity contribution >= 4 is 23.4 Å². The topological polar surface area (TPSA) is 142 Å². The van der Waals surface area contributed by atoms with Gasteiger partial charge in [0.05, 0.1) is 11.4 Å². The highest BCUT2D eigenvalue weighted by molar-refractivity contribution is 7.99. The summed E-state index contributed by atoms with van der Waals surface area (Å²) in [7, 11) is 0. The van der Waals surface area contributed by atoms with Gasteiger partial charge in [-0.05, 0) is 48.2 Å². The number of nitrogens with two attached hydrogens (primary N) is 1. The van der Waals surface area contributed by atoms with Crippen molar-refractivity contribution in [2.45, 2.75) is 37.9 Å². The molecule has 0 bridgehead atoms. The molecule has 3 aromatic rings.